The van der Waals surface area contributed by atoms with Gasteiger partial charge in [0, 0.05) is 42.3 Å². The molecule has 2 heterocycles. The molecule has 1 unspecified atom stereocenters. The van der Waals surface area contributed by atoms with Crippen LogP contribution in [0.25, 0.3) is 15.7 Å². The van der Waals surface area contributed by atoms with E-state index in [0.717, 1.165) is 10.8 Å². The molecular weight excluding hydrogens is 571 g/mol. The number of aliphatic carboxylic acids is 1. The van der Waals surface area contributed by atoms with Crippen molar-refractivity contribution in [2.45, 2.75) is 50.6 Å². The van der Waals surface area contributed by atoms with Gasteiger partial charge < -0.3 is 29.0 Å². The average Bonchev–Trinajstić information content (AvgIpc) is 3.31. The van der Waals surface area contributed by atoms with Crippen molar-refractivity contribution in [1.29, 1.82) is 0 Å². The number of benzene rings is 2. The zero-order valence-electron chi connectivity index (χ0n) is 23.7. The van der Waals surface area contributed by atoms with E-state index < -0.39 is 36.4 Å². The van der Waals surface area contributed by atoms with Crippen molar-refractivity contribution in [3.05, 3.63) is 65.1 Å². The highest BCUT2D eigenvalue weighted by Crippen LogP contribution is 2.44. The van der Waals surface area contributed by atoms with E-state index in [2.05, 4.69) is 4.85 Å². The molecule has 0 radical (unpaired) electrons. The third-order valence-corrected chi connectivity index (χ3v) is 7.38. The number of fused-ring (bicyclic) bond motifs is 1. The van der Waals surface area contributed by atoms with Crippen LogP contribution in [-0.4, -0.2) is 77.2 Å². The van der Waals surface area contributed by atoms with Crippen LogP contribution in [0.5, 0.6) is 11.5 Å². The minimum atomic E-state index is -5.08. The Labute approximate surface area is 246 Å². The Balaban J connectivity index is 1.50. The number of nitrogens with zero attached hydrogens (tertiary/aromatic N) is 3. The van der Waals surface area contributed by atoms with Crippen LogP contribution in [0, 0.1) is 6.57 Å². The first kappa shape index (κ1) is 31.7. The number of rotatable bonds is 11. The zero-order valence-corrected chi connectivity index (χ0v) is 23.7. The van der Waals surface area contributed by atoms with Crippen molar-refractivity contribution in [3.8, 4) is 11.5 Å². The van der Waals surface area contributed by atoms with E-state index in [9.17, 15) is 33.0 Å². The summed E-state index contributed by atoms with van der Waals surface area (Å²) in [5.74, 6) is -0.802. The lowest BCUT2D eigenvalue weighted by Gasteiger charge is -2.39. The molecule has 1 saturated heterocycles. The molecule has 43 heavy (non-hydrogen) atoms. The first-order chi connectivity index (χ1) is 20.4. The lowest BCUT2D eigenvalue weighted by Crippen LogP contribution is -2.53. The van der Waals surface area contributed by atoms with Crippen molar-refractivity contribution in [2.24, 2.45) is 0 Å². The second-order valence-electron chi connectivity index (χ2n) is 10.3. The molecular formula is C30H32F3N3O7. The number of piperidine rings is 1. The predicted molar refractivity (Wildman–Crippen MR) is 149 cm³/mol. The summed E-state index contributed by atoms with van der Waals surface area (Å²) in [6.45, 7) is 8.19. The van der Waals surface area contributed by atoms with Gasteiger partial charge in [0.25, 0.3) is 0 Å². The van der Waals surface area contributed by atoms with Gasteiger partial charge >= 0.3 is 18.1 Å². The molecule has 1 aliphatic heterocycles. The Morgan fingerprint density at radius 1 is 1.12 bits per heavy atom. The quantitative estimate of drug-likeness (QED) is 0.240. The number of likely N-dealkylation sites (tertiary alicyclic amines) is 1. The van der Waals surface area contributed by atoms with Gasteiger partial charge in [0.1, 0.15) is 12.6 Å². The summed E-state index contributed by atoms with van der Waals surface area (Å²) in [6, 6.07) is 9.02. The van der Waals surface area contributed by atoms with Gasteiger partial charge in [0.2, 0.25) is 5.60 Å². The fraction of sp³-hybridized carbons (Fsp3) is 0.433. The molecule has 0 saturated carbocycles. The number of carbonyl (C=O) groups is 2. The number of ether oxygens (including phenoxy) is 3. The maximum Gasteiger partial charge on any atom is 0.422 e. The average molecular weight is 604 g/mol. The molecule has 4 rings (SSSR count). The van der Waals surface area contributed by atoms with Gasteiger partial charge in [-0.3, -0.25) is 14.5 Å². The van der Waals surface area contributed by atoms with E-state index in [1.807, 2.05) is 0 Å². The summed E-state index contributed by atoms with van der Waals surface area (Å²) in [5, 5.41) is 20.6. The van der Waals surface area contributed by atoms with Crippen LogP contribution in [0.1, 0.15) is 30.9 Å². The molecule has 3 aromatic rings. The Bertz CT molecular complexity index is 1520. The highest BCUT2D eigenvalue weighted by atomic mass is 19.4. The summed E-state index contributed by atoms with van der Waals surface area (Å²) < 4.78 is 61.3. The number of hydrogen-bond acceptors (Lipinski definition) is 7. The number of esters is 1. The van der Waals surface area contributed by atoms with Gasteiger partial charge in [-0.2, -0.15) is 13.2 Å². The Kier molecular flexibility index (Phi) is 9.52. The number of β-amino-alcohol motifs (C(OH)–C–C–N with tert-alkyl or cyclic N) is 1. The maximum absolute atomic E-state index is 14.6. The van der Waals surface area contributed by atoms with E-state index in [-0.39, 0.29) is 54.8 Å². The van der Waals surface area contributed by atoms with E-state index >= 15 is 0 Å². The molecule has 0 aliphatic carbocycles. The molecule has 1 atom stereocenters. The molecule has 1 aliphatic rings. The molecule has 13 heteroatoms. The molecule has 0 amide bonds. The van der Waals surface area contributed by atoms with Crippen LogP contribution >= 0.6 is 0 Å². The van der Waals surface area contributed by atoms with Crippen LogP contribution in [0.2, 0.25) is 0 Å². The Hall–Kier alpha value is -4.28. The standard InChI is InChI=1S/C30H32F3N3O7/c1-4-42-28(39)14-19-5-8-25(26(13-19)41-3)43-21-9-11-35(12-10-21)18-29(40,30(31,32)33)23-16-36(17-27(37)38)24-15-20(34-2)6-7-22(23)24/h5-8,13,15-16,21,40H,4,9-12,14,17-18H2,1,3H3,(H,37,38). The molecule has 0 spiro atoms. The SMILES string of the molecule is [C-]#[N+]c1ccc2c(C(O)(CN3CCC(Oc4ccc(CC(=O)OCC)cc4OC)CC3)C(F)(F)F)cn(CC(=O)O)c2c1. The minimum Gasteiger partial charge on any atom is -0.493 e. The summed E-state index contributed by atoms with van der Waals surface area (Å²) >= 11 is 0. The first-order valence-electron chi connectivity index (χ1n) is 13.6. The van der Waals surface area contributed by atoms with Crippen molar-refractivity contribution in [2.75, 3.05) is 33.4 Å². The van der Waals surface area contributed by atoms with Crippen molar-refractivity contribution >= 4 is 28.5 Å². The molecule has 1 aromatic heterocycles. The Morgan fingerprint density at radius 2 is 1.84 bits per heavy atom. The fourth-order valence-electron chi connectivity index (χ4n) is 5.27. The molecule has 2 aromatic carbocycles. The normalized spacial score (nSPS) is 15.9. The number of halogens is 3. The lowest BCUT2D eigenvalue weighted by atomic mass is 9.91. The molecule has 0 bridgehead atoms. The van der Waals surface area contributed by atoms with E-state index in [0.29, 0.717) is 29.9 Å². The molecule has 230 valence electrons. The van der Waals surface area contributed by atoms with Crippen molar-refractivity contribution in [3.63, 3.8) is 0 Å². The summed E-state index contributed by atoms with van der Waals surface area (Å²) in [5.41, 5.74) is -2.85. The van der Waals surface area contributed by atoms with Crippen LogP contribution in [0.3, 0.4) is 0 Å². The topological polar surface area (TPSA) is 115 Å². The number of aromatic nitrogens is 1. The minimum absolute atomic E-state index is 0.0187. The van der Waals surface area contributed by atoms with Gasteiger partial charge in [-0.1, -0.05) is 18.2 Å². The summed E-state index contributed by atoms with van der Waals surface area (Å²) in [4.78, 5) is 28.0. The highest BCUT2D eigenvalue weighted by Gasteiger charge is 2.57. The number of carboxylic acids is 1. The van der Waals surface area contributed by atoms with E-state index in [4.69, 9.17) is 20.8 Å². The van der Waals surface area contributed by atoms with Crippen LogP contribution in [-0.2, 0) is 32.9 Å². The number of alkyl halides is 3. The fourth-order valence-corrected chi connectivity index (χ4v) is 5.27. The molecule has 2 N–H and O–H groups in total. The van der Waals surface area contributed by atoms with Gasteiger partial charge in [-0.25, -0.2) is 4.85 Å². The summed E-state index contributed by atoms with van der Waals surface area (Å²) in [6.07, 6.45) is -3.59. The summed E-state index contributed by atoms with van der Waals surface area (Å²) in [7, 11) is 1.47. The van der Waals surface area contributed by atoms with Crippen LogP contribution in [0.15, 0.2) is 42.6 Å². The van der Waals surface area contributed by atoms with Gasteiger partial charge in [-0.05, 0) is 43.5 Å². The number of aliphatic hydroxyl groups is 1. The van der Waals surface area contributed by atoms with E-state index in [1.54, 1.807) is 25.1 Å². The predicted octanol–water partition coefficient (Wildman–Crippen LogP) is 4.68. The number of carboxylic acid groups (broad SMARTS) is 1. The zero-order chi connectivity index (χ0) is 31.4. The number of carbonyl (C=O) groups excluding carboxylic acids is 1. The van der Waals surface area contributed by atoms with Gasteiger partial charge in [0.15, 0.2) is 17.2 Å². The largest absolute Gasteiger partial charge is 0.493 e. The third-order valence-electron chi connectivity index (χ3n) is 7.38. The van der Waals surface area contributed by atoms with Crippen molar-refractivity contribution in [1.82, 2.24) is 9.47 Å². The van der Waals surface area contributed by atoms with Crippen LogP contribution in [0.4, 0.5) is 18.9 Å². The van der Waals surface area contributed by atoms with Crippen molar-refractivity contribution < 1.29 is 47.2 Å². The second-order valence-corrected chi connectivity index (χ2v) is 10.3. The molecule has 1 fully saturated rings. The number of methoxy groups -OCH3 is 1. The van der Waals surface area contributed by atoms with Gasteiger partial charge in [-0.15, -0.1) is 0 Å². The smallest absolute Gasteiger partial charge is 0.422 e. The second kappa shape index (κ2) is 12.9. The Morgan fingerprint density at radius 3 is 2.44 bits per heavy atom. The van der Waals surface area contributed by atoms with E-state index in [1.165, 1.54) is 30.2 Å². The first-order valence-corrected chi connectivity index (χ1v) is 13.6. The van der Waals surface area contributed by atoms with Crippen LogP contribution < -0.4 is 9.47 Å². The lowest BCUT2D eigenvalue weighted by molar-refractivity contribution is -0.272. The molecule has 10 nitrogen and oxygen atoms in total. The monoisotopic (exact) mass is 603 g/mol. The number of hydrogen-bond donors (Lipinski definition) is 2. The van der Waals surface area contributed by atoms with Gasteiger partial charge in [0.05, 0.1) is 26.7 Å². The third kappa shape index (κ3) is 7.03. The maximum atomic E-state index is 14.6. The highest BCUT2D eigenvalue weighted by molar-refractivity contribution is 5.89.